The fourth-order valence-corrected chi connectivity index (χ4v) is 4.14. The van der Waals surface area contributed by atoms with Crippen LogP contribution < -0.4 is 5.32 Å². The molecular formula is C20H24N4O3S. The number of nitrogens with one attached hydrogen (secondary N) is 1. The molecule has 148 valence electrons. The van der Waals surface area contributed by atoms with Gasteiger partial charge in [0, 0.05) is 28.4 Å². The minimum absolute atomic E-state index is 0.00321. The summed E-state index contributed by atoms with van der Waals surface area (Å²) in [5.41, 5.74) is 3.02. The Balaban J connectivity index is 2.10. The number of amides is 2. The lowest BCUT2D eigenvalue weighted by Gasteiger charge is -2.21. The first kappa shape index (κ1) is 20.0. The Hall–Kier alpha value is -2.74. The van der Waals surface area contributed by atoms with E-state index in [1.54, 1.807) is 24.3 Å². The molecule has 0 saturated heterocycles. The molecule has 0 spiro atoms. The van der Waals surface area contributed by atoms with Crippen LogP contribution in [-0.2, 0) is 4.79 Å². The molecule has 0 aromatic carbocycles. The number of hydrogen-bond donors (Lipinski definition) is 1. The van der Waals surface area contributed by atoms with Crippen molar-refractivity contribution in [2.45, 2.75) is 34.6 Å². The number of fused-ring (bicyclic) bond motifs is 1. The van der Waals surface area contributed by atoms with E-state index in [1.165, 1.54) is 9.78 Å². The zero-order valence-electron chi connectivity index (χ0n) is 16.8. The first-order valence-corrected chi connectivity index (χ1v) is 10.1. The van der Waals surface area contributed by atoms with Crippen LogP contribution in [0.4, 0.5) is 0 Å². The third kappa shape index (κ3) is 3.77. The molecule has 0 saturated carbocycles. The lowest BCUT2D eigenvalue weighted by Crippen LogP contribution is -2.40. The molecule has 8 heteroatoms. The van der Waals surface area contributed by atoms with Gasteiger partial charge in [-0.1, -0.05) is 5.16 Å². The van der Waals surface area contributed by atoms with Crippen LogP contribution in [0.2, 0.25) is 0 Å². The molecule has 3 heterocycles. The number of rotatable bonds is 6. The van der Waals surface area contributed by atoms with Crippen LogP contribution in [0.25, 0.3) is 22.4 Å². The Morgan fingerprint density at radius 2 is 1.96 bits per heavy atom. The van der Waals surface area contributed by atoms with Gasteiger partial charge in [-0.2, -0.15) is 0 Å². The minimum Gasteiger partial charge on any atom is -0.355 e. The fourth-order valence-electron chi connectivity index (χ4n) is 3.21. The molecule has 3 aromatic rings. The Bertz CT molecular complexity index is 1040. The molecule has 0 unspecified atom stereocenters. The zero-order chi connectivity index (χ0) is 20.4. The summed E-state index contributed by atoms with van der Waals surface area (Å²) >= 11 is 1.68. The molecule has 0 atom stereocenters. The van der Waals surface area contributed by atoms with E-state index < -0.39 is 0 Å². The molecule has 3 aromatic heterocycles. The van der Waals surface area contributed by atoms with Gasteiger partial charge in [-0.05, 0) is 46.8 Å². The SMILES string of the molecule is CCNC(=O)CN(CC)C(=O)c1cc(-c2cc(C)sc2C)nc2onc(C)c12. The van der Waals surface area contributed by atoms with Crippen LogP contribution in [0.5, 0.6) is 0 Å². The number of aryl methyl sites for hydroxylation is 3. The number of carbonyl (C=O) groups excluding carboxylic acids is 2. The summed E-state index contributed by atoms with van der Waals surface area (Å²) in [7, 11) is 0. The van der Waals surface area contributed by atoms with Crippen molar-refractivity contribution in [3.63, 3.8) is 0 Å². The summed E-state index contributed by atoms with van der Waals surface area (Å²) in [4.78, 5) is 33.7. The molecule has 7 nitrogen and oxygen atoms in total. The molecule has 0 fully saturated rings. The minimum atomic E-state index is -0.238. The zero-order valence-corrected chi connectivity index (χ0v) is 17.6. The van der Waals surface area contributed by atoms with Gasteiger partial charge in [-0.15, -0.1) is 11.3 Å². The second kappa shape index (κ2) is 8.10. The maximum absolute atomic E-state index is 13.3. The maximum atomic E-state index is 13.3. The van der Waals surface area contributed by atoms with E-state index in [-0.39, 0.29) is 18.4 Å². The second-order valence-corrected chi connectivity index (χ2v) is 8.06. The van der Waals surface area contributed by atoms with Crippen molar-refractivity contribution in [2.75, 3.05) is 19.6 Å². The summed E-state index contributed by atoms with van der Waals surface area (Å²) in [6, 6.07) is 3.83. The van der Waals surface area contributed by atoms with E-state index in [2.05, 4.69) is 21.5 Å². The van der Waals surface area contributed by atoms with Gasteiger partial charge in [0.1, 0.15) is 0 Å². The standard InChI is InChI=1S/C20H24N4O3S/c1-6-21-17(25)10-24(7-2)20(26)15-9-16(14-8-11(3)28-13(14)5)22-19-18(15)12(4)23-27-19/h8-9H,6-7,10H2,1-5H3,(H,21,25). The number of hydrogen-bond acceptors (Lipinski definition) is 6. The fraction of sp³-hybridized carbons (Fsp3) is 0.400. The van der Waals surface area contributed by atoms with Gasteiger partial charge < -0.3 is 14.7 Å². The van der Waals surface area contributed by atoms with Crippen LogP contribution in [-0.4, -0.2) is 46.5 Å². The largest absolute Gasteiger partial charge is 0.355 e. The highest BCUT2D eigenvalue weighted by Crippen LogP contribution is 2.33. The molecule has 0 radical (unpaired) electrons. The normalized spacial score (nSPS) is 11.0. The Morgan fingerprint density at radius 3 is 2.57 bits per heavy atom. The molecule has 3 rings (SSSR count). The van der Waals surface area contributed by atoms with Crippen LogP contribution in [0.15, 0.2) is 16.7 Å². The summed E-state index contributed by atoms with van der Waals surface area (Å²) in [6.07, 6.45) is 0. The Kier molecular flexibility index (Phi) is 5.79. The van der Waals surface area contributed by atoms with Crippen molar-refractivity contribution in [3.8, 4) is 11.3 Å². The summed E-state index contributed by atoms with van der Waals surface area (Å²) in [6.45, 7) is 10.5. The van der Waals surface area contributed by atoms with Gasteiger partial charge in [-0.3, -0.25) is 9.59 Å². The number of nitrogens with zero attached hydrogens (tertiary/aromatic N) is 3. The van der Waals surface area contributed by atoms with Crippen molar-refractivity contribution < 1.29 is 14.1 Å². The van der Waals surface area contributed by atoms with Crippen molar-refractivity contribution in [1.82, 2.24) is 20.4 Å². The first-order chi connectivity index (χ1) is 13.3. The van der Waals surface area contributed by atoms with Gasteiger partial charge in [0.2, 0.25) is 5.91 Å². The number of thiophene rings is 1. The number of pyridine rings is 1. The smallest absolute Gasteiger partial charge is 0.259 e. The molecule has 0 bridgehead atoms. The molecule has 2 amide bonds. The predicted octanol–water partition coefficient (Wildman–Crippen LogP) is 3.47. The van der Waals surface area contributed by atoms with Crippen LogP contribution in [0, 0.1) is 20.8 Å². The molecular weight excluding hydrogens is 376 g/mol. The lowest BCUT2D eigenvalue weighted by atomic mass is 10.0. The summed E-state index contributed by atoms with van der Waals surface area (Å²) in [5.74, 6) is -0.423. The van der Waals surface area contributed by atoms with Gasteiger partial charge in [0.05, 0.1) is 28.9 Å². The van der Waals surface area contributed by atoms with Crippen molar-refractivity contribution >= 4 is 34.3 Å². The Labute approximate surface area is 167 Å². The summed E-state index contributed by atoms with van der Waals surface area (Å²) < 4.78 is 5.37. The van der Waals surface area contributed by atoms with E-state index in [9.17, 15) is 9.59 Å². The van der Waals surface area contributed by atoms with Crippen LogP contribution in [0.3, 0.4) is 0 Å². The van der Waals surface area contributed by atoms with Gasteiger partial charge in [-0.25, -0.2) is 4.98 Å². The average molecular weight is 401 g/mol. The molecule has 0 aliphatic carbocycles. The number of likely N-dealkylation sites (N-methyl/N-ethyl adjacent to an activating group) is 2. The van der Waals surface area contributed by atoms with Crippen molar-refractivity contribution in [3.05, 3.63) is 33.1 Å². The van der Waals surface area contributed by atoms with E-state index in [0.29, 0.717) is 41.1 Å². The highest BCUT2D eigenvalue weighted by molar-refractivity contribution is 7.12. The second-order valence-electron chi connectivity index (χ2n) is 6.60. The van der Waals surface area contributed by atoms with Gasteiger partial charge >= 0.3 is 0 Å². The lowest BCUT2D eigenvalue weighted by molar-refractivity contribution is -0.121. The topological polar surface area (TPSA) is 88.3 Å². The molecule has 1 N–H and O–H groups in total. The average Bonchev–Trinajstić information content (AvgIpc) is 3.20. The quantitative estimate of drug-likeness (QED) is 0.684. The first-order valence-electron chi connectivity index (χ1n) is 9.26. The van der Waals surface area contributed by atoms with Crippen molar-refractivity contribution in [1.29, 1.82) is 0 Å². The van der Waals surface area contributed by atoms with Gasteiger partial charge in [0.25, 0.3) is 11.6 Å². The van der Waals surface area contributed by atoms with E-state index in [4.69, 9.17) is 4.52 Å². The molecule has 0 aliphatic heterocycles. The predicted molar refractivity (Wildman–Crippen MR) is 110 cm³/mol. The van der Waals surface area contributed by atoms with Crippen molar-refractivity contribution in [2.24, 2.45) is 0 Å². The van der Waals surface area contributed by atoms with Crippen LogP contribution >= 0.6 is 11.3 Å². The van der Waals surface area contributed by atoms with Crippen LogP contribution in [0.1, 0.15) is 39.7 Å². The molecule has 0 aliphatic rings. The van der Waals surface area contributed by atoms with Gasteiger partial charge in [0.15, 0.2) is 0 Å². The molecule has 28 heavy (non-hydrogen) atoms. The third-order valence-electron chi connectivity index (χ3n) is 4.54. The Morgan fingerprint density at radius 1 is 1.21 bits per heavy atom. The van der Waals surface area contributed by atoms with E-state index >= 15 is 0 Å². The highest BCUT2D eigenvalue weighted by atomic mass is 32.1. The monoisotopic (exact) mass is 400 g/mol. The van der Waals surface area contributed by atoms with E-state index in [1.807, 2.05) is 27.7 Å². The summed E-state index contributed by atoms with van der Waals surface area (Å²) in [5, 5.41) is 7.32. The maximum Gasteiger partial charge on any atom is 0.259 e. The third-order valence-corrected chi connectivity index (χ3v) is 5.51. The number of aromatic nitrogens is 2. The van der Waals surface area contributed by atoms with E-state index in [0.717, 1.165) is 10.4 Å². The number of carbonyl (C=O) groups is 2. The highest BCUT2D eigenvalue weighted by Gasteiger charge is 2.24.